The fraction of sp³-hybridized carbons (Fsp3) is 0.519. The van der Waals surface area contributed by atoms with Gasteiger partial charge >= 0.3 is 6.09 Å². The molecule has 1 N–H and O–H groups in total. The summed E-state index contributed by atoms with van der Waals surface area (Å²) in [6.07, 6.45) is 0.144. The molecule has 6 rings (SSSR count). The molecule has 0 saturated carbocycles. The molecule has 1 aromatic carbocycles. The molecule has 3 fully saturated rings. The van der Waals surface area contributed by atoms with Gasteiger partial charge in [0.25, 0.3) is 0 Å². The minimum Gasteiger partial charge on any atom is -0.472 e. The first-order valence-corrected chi connectivity index (χ1v) is 13.3. The van der Waals surface area contributed by atoms with E-state index in [1.54, 1.807) is 14.1 Å². The normalized spacial score (nSPS) is 26.6. The standard InChI is InChI=1S/C27H31ClN4O6/c1-31(2)27(34)37-17-7-9-32(10-8-17)16-5-3-15(4-6-16)24-18(28)11-19-20(30-24)12-23(29-19)38-22-14-36-25-21(33)13-35-26(22)25/h3-6,11,17,21-22,25-26,33H,7-10,12-14H2,1-2H3/t21-,22-,25-,26-/m1/s1. The molecule has 4 atom stereocenters. The number of ether oxygens (including phenoxy) is 4. The highest BCUT2D eigenvalue weighted by molar-refractivity contribution is 6.33. The number of carbonyl (C=O) groups is 1. The predicted molar refractivity (Wildman–Crippen MR) is 141 cm³/mol. The molecule has 202 valence electrons. The monoisotopic (exact) mass is 542 g/mol. The Hall–Kier alpha value is -2.92. The Bertz CT molecular complexity index is 1230. The molecule has 2 aromatic rings. The molecule has 4 aliphatic rings. The summed E-state index contributed by atoms with van der Waals surface area (Å²) in [7, 11) is 3.39. The van der Waals surface area contributed by atoms with Gasteiger partial charge in [-0.3, -0.25) is 0 Å². The molecule has 0 radical (unpaired) electrons. The van der Waals surface area contributed by atoms with Crippen LogP contribution in [0.4, 0.5) is 16.2 Å². The SMILES string of the molecule is CN(C)C(=O)OC1CCN(c2ccc(-c3nc4c(cc3Cl)N=C(O[C@@H]3CO[C@H]5[C@@H]3OC[C@H]5O)C4)cc2)CC1. The number of aliphatic imine (C=N–C) groups is 1. The van der Waals surface area contributed by atoms with Gasteiger partial charge in [0, 0.05) is 51.3 Å². The first-order chi connectivity index (χ1) is 18.4. The van der Waals surface area contributed by atoms with Crippen molar-refractivity contribution in [1.29, 1.82) is 0 Å². The van der Waals surface area contributed by atoms with Crippen molar-refractivity contribution >= 4 is 35.0 Å². The quantitative estimate of drug-likeness (QED) is 0.628. The highest BCUT2D eigenvalue weighted by Crippen LogP contribution is 2.37. The van der Waals surface area contributed by atoms with Crippen LogP contribution in [0.15, 0.2) is 35.3 Å². The number of amides is 1. The summed E-state index contributed by atoms with van der Waals surface area (Å²) in [6.45, 7) is 2.25. The van der Waals surface area contributed by atoms with E-state index < -0.39 is 6.10 Å². The van der Waals surface area contributed by atoms with Crippen molar-refractivity contribution in [2.75, 3.05) is 45.3 Å². The van der Waals surface area contributed by atoms with E-state index in [9.17, 15) is 9.90 Å². The third kappa shape index (κ3) is 4.93. The summed E-state index contributed by atoms with van der Waals surface area (Å²) in [5.74, 6) is 0.551. The summed E-state index contributed by atoms with van der Waals surface area (Å²) in [6, 6.07) is 10.0. The third-order valence-corrected chi connectivity index (χ3v) is 7.73. The lowest BCUT2D eigenvalue weighted by Crippen LogP contribution is -2.39. The number of aliphatic hydroxyl groups is 1. The number of fused-ring (bicyclic) bond motifs is 2. The van der Waals surface area contributed by atoms with Gasteiger partial charge in [0.15, 0.2) is 12.0 Å². The Labute approximate surface area is 226 Å². The number of halogens is 1. The van der Waals surface area contributed by atoms with Crippen molar-refractivity contribution in [1.82, 2.24) is 9.88 Å². The zero-order chi connectivity index (χ0) is 26.4. The Balaban J connectivity index is 1.08. The molecule has 38 heavy (non-hydrogen) atoms. The average Bonchev–Trinajstić information content (AvgIpc) is 3.60. The number of aromatic nitrogens is 1. The lowest BCUT2D eigenvalue weighted by Gasteiger charge is -2.33. The summed E-state index contributed by atoms with van der Waals surface area (Å²) < 4.78 is 22.9. The second kappa shape index (κ2) is 10.3. The van der Waals surface area contributed by atoms with Gasteiger partial charge in [0.05, 0.1) is 41.7 Å². The van der Waals surface area contributed by atoms with E-state index in [0.717, 1.165) is 42.9 Å². The number of rotatable bonds is 4. The fourth-order valence-corrected chi connectivity index (χ4v) is 5.62. The molecule has 0 bridgehead atoms. The number of piperidine rings is 1. The zero-order valence-corrected chi connectivity index (χ0v) is 22.1. The van der Waals surface area contributed by atoms with Crippen molar-refractivity contribution in [3.8, 4) is 11.3 Å². The van der Waals surface area contributed by atoms with E-state index in [1.807, 2.05) is 18.2 Å². The molecule has 3 saturated heterocycles. The van der Waals surface area contributed by atoms with E-state index in [2.05, 4.69) is 22.0 Å². The summed E-state index contributed by atoms with van der Waals surface area (Å²) in [4.78, 5) is 25.0. The molecule has 11 heteroatoms. The Kier molecular flexibility index (Phi) is 6.90. The molecule has 1 aromatic heterocycles. The van der Waals surface area contributed by atoms with Crippen LogP contribution in [0.5, 0.6) is 0 Å². The topological polar surface area (TPSA) is 106 Å². The van der Waals surface area contributed by atoms with Crippen molar-refractivity contribution in [2.45, 2.75) is 49.8 Å². The maximum atomic E-state index is 11.8. The molecule has 5 heterocycles. The van der Waals surface area contributed by atoms with E-state index in [0.29, 0.717) is 35.3 Å². The van der Waals surface area contributed by atoms with Gasteiger partial charge in [-0.1, -0.05) is 23.7 Å². The third-order valence-electron chi connectivity index (χ3n) is 7.45. The van der Waals surface area contributed by atoms with Crippen LogP contribution in [0.25, 0.3) is 11.3 Å². The molecular formula is C27H31ClN4O6. The summed E-state index contributed by atoms with van der Waals surface area (Å²) >= 11 is 6.62. The van der Waals surface area contributed by atoms with Gasteiger partial charge in [-0.15, -0.1) is 0 Å². The number of pyridine rings is 1. The van der Waals surface area contributed by atoms with Crippen LogP contribution in [0.2, 0.25) is 5.02 Å². The Morgan fingerprint density at radius 2 is 1.87 bits per heavy atom. The minimum atomic E-state index is -0.620. The van der Waals surface area contributed by atoms with Crippen LogP contribution in [-0.2, 0) is 25.4 Å². The highest BCUT2D eigenvalue weighted by atomic mass is 35.5. The number of hydrogen-bond acceptors (Lipinski definition) is 9. The largest absolute Gasteiger partial charge is 0.472 e. The molecule has 0 aliphatic carbocycles. The maximum Gasteiger partial charge on any atom is 0.409 e. The molecule has 10 nitrogen and oxygen atoms in total. The van der Waals surface area contributed by atoms with Crippen LogP contribution >= 0.6 is 11.6 Å². The van der Waals surface area contributed by atoms with Crippen LogP contribution in [0.3, 0.4) is 0 Å². The van der Waals surface area contributed by atoms with Crippen LogP contribution in [-0.4, -0.2) is 97.9 Å². The van der Waals surface area contributed by atoms with E-state index >= 15 is 0 Å². The lowest BCUT2D eigenvalue weighted by molar-refractivity contribution is 0.00558. The van der Waals surface area contributed by atoms with Gasteiger partial charge in [0.1, 0.15) is 24.4 Å². The number of carbonyl (C=O) groups excluding carboxylic acids is 1. The van der Waals surface area contributed by atoms with E-state index in [-0.39, 0.29) is 37.1 Å². The number of anilines is 1. The van der Waals surface area contributed by atoms with Gasteiger partial charge in [-0.2, -0.15) is 0 Å². The molecule has 1 amide bonds. The molecule has 0 unspecified atom stereocenters. The number of aliphatic hydroxyl groups excluding tert-OH is 1. The minimum absolute atomic E-state index is 0.0501. The Morgan fingerprint density at radius 1 is 1.13 bits per heavy atom. The molecule has 4 aliphatic heterocycles. The smallest absolute Gasteiger partial charge is 0.409 e. The molecule has 0 spiro atoms. The van der Waals surface area contributed by atoms with Gasteiger partial charge in [-0.05, 0) is 18.2 Å². The first kappa shape index (κ1) is 25.4. The maximum absolute atomic E-state index is 11.8. The highest BCUT2D eigenvalue weighted by Gasteiger charge is 2.49. The van der Waals surface area contributed by atoms with Crippen molar-refractivity contribution in [3.63, 3.8) is 0 Å². The Morgan fingerprint density at radius 3 is 2.61 bits per heavy atom. The second-order valence-electron chi connectivity index (χ2n) is 10.3. The predicted octanol–water partition coefficient (Wildman–Crippen LogP) is 3.20. The number of nitrogens with zero attached hydrogens (tertiary/aromatic N) is 4. The van der Waals surface area contributed by atoms with Crippen molar-refractivity contribution in [2.24, 2.45) is 4.99 Å². The van der Waals surface area contributed by atoms with Gasteiger partial charge in [0.2, 0.25) is 0 Å². The van der Waals surface area contributed by atoms with Crippen molar-refractivity contribution in [3.05, 3.63) is 41.0 Å². The number of benzene rings is 1. The number of hydrogen-bond donors (Lipinski definition) is 1. The zero-order valence-electron chi connectivity index (χ0n) is 21.4. The summed E-state index contributed by atoms with van der Waals surface area (Å²) in [5.41, 5.74) is 4.24. The van der Waals surface area contributed by atoms with E-state index in [4.69, 9.17) is 35.5 Å². The van der Waals surface area contributed by atoms with Gasteiger partial charge in [-0.25, -0.2) is 14.8 Å². The van der Waals surface area contributed by atoms with Gasteiger partial charge < -0.3 is 33.9 Å². The van der Waals surface area contributed by atoms with E-state index in [1.165, 1.54) is 4.90 Å². The fourth-order valence-electron chi connectivity index (χ4n) is 5.36. The van der Waals surface area contributed by atoms with Crippen LogP contribution < -0.4 is 4.90 Å². The first-order valence-electron chi connectivity index (χ1n) is 12.9. The second-order valence-corrected chi connectivity index (χ2v) is 10.7. The summed E-state index contributed by atoms with van der Waals surface area (Å²) in [5, 5.41) is 10.5. The molecular weight excluding hydrogens is 512 g/mol. The lowest BCUT2D eigenvalue weighted by atomic mass is 10.1. The average molecular weight is 543 g/mol. The van der Waals surface area contributed by atoms with Crippen LogP contribution in [0.1, 0.15) is 18.5 Å². The van der Waals surface area contributed by atoms with Crippen molar-refractivity contribution < 1.29 is 28.8 Å². The van der Waals surface area contributed by atoms with Crippen LogP contribution in [0, 0.1) is 0 Å².